The third kappa shape index (κ3) is 4.67. The first kappa shape index (κ1) is 17.4. The van der Waals surface area contributed by atoms with Crippen LogP contribution in [0.4, 0.5) is 5.69 Å². The Bertz CT molecular complexity index is 500. The average Bonchev–Trinajstić information content (AvgIpc) is 2.43. The first-order valence-electron chi connectivity index (χ1n) is 6.67. The third-order valence-electron chi connectivity index (χ3n) is 3.41. The molecular formula is C15H22N2O3S. The first-order chi connectivity index (χ1) is 9.78. The average molecular weight is 310 g/mol. The van der Waals surface area contributed by atoms with E-state index in [1.807, 2.05) is 6.26 Å². The molecule has 0 saturated heterocycles. The van der Waals surface area contributed by atoms with Gasteiger partial charge in [0.15, 0.2) is 0 Å². The summed E-state index contributed by atoms with van der Waals surface area (Å²) in [6.45, 7) is 3.53. The van der Waals surface area contributed by atoms with Gasteiger partial charge in [-0.25, -0.2) is 4.79 Å². The summed E-state index contributed by atoms with van der Waals surface area (Å²) in [4.78, 5) is 23.6. The van der Waals surface area contributed by atoms with Crippen LogP contribution < -0.4 is 11.1 Å². The maximum atomic E-state index is 12.4. The molecule has 6 heteroatoms. The lowest BCUT2D eigenvalue weighted by Gasteiger charge is -2.26. The van der Waals surface area contributed by atoms with Crippen molar-refractivity contribution in [1.82, 2.24) is 5.32 Å². The molecule has 0 spiro atoms. The number of carbonyl (C=O) groups is 2. The smallest absolute Gasteiger partial charge is 0.326 e. The number of anilines is 1. The molecule has 0 aliphatic rings. The number of carbonyl (C=O) groups excluding carboxylic acids is 1. The highest BCUT2D eigenvalue weighted by Gasteiger charge is 2.32. The molecule has 0 bridgehead atoms. The zero-order chi connectivity index (χ0) is 16.0. The van der Waals surface area contributed by atoms with E-state index < -0.39 is 17.4 Å². The third-order valence-corrected chi connectivity index (χ3v) is 4.06. The van der Waals surface area contributed by atoms with Crippen molar-refractivity contribution in [3.63, 3.8) is 0 Å². The molecule has 4 N–H and O–H groups in total. The standard InChI is InChI=1S/C15H22N2O3S/c1-15(2,10-4-6-11(16)7-5-10)14(20)17-12(13(18)19)8-9-21-3/h4-7,12H,8-9,16H2,1-3H3,(H,17,20)(H,18,19)/t12-/m0/s1. The van der Waals surface area contributed by atoms with Crippen molar-refractivity contribution in [2.24, 2.45) is 0 Å². The van der Waals surface area contributed by atoms with Gasteiger partial charge in [0.25, 0.3) is 0 Å². The van der Waals surface area contributed by atoms with E-state index in [9.17, 15) is 14.7 Å². The normalized spacial score (nSPS) is 12.7. The number of amides is 1. The minimum absolute atomic E-state index is 0.305. The Morgan fingerprint density at radius 3 is 2.38 bits per heavy atom. The Hall–Kier alpha value is -1.69. The van der Waals surface area contributed by atoms with E-state index in [2.05, 4.69) is 5.32 Å². The second kappa shape index (κ2) is 7.36. The molecular weight excluding hydrogens is 288 g/mol. The van der Waals surface area contributed by atoms with Crippen LogP contribution in [0.25, 0.3) is 0 Å². The van der Waals surface area contributed by atoms with Crippen LogP contribution in [0.3, 0.4) is 0 Å². The number of nitrogens with one attached hydrogen (secondary N) is 1. The zero-order valence-electron chi connectivity index (χ0n) is 12.6. The summed E-state index contributed by atoms with van der Waals surface area (Å²) < 4.78 is 0. The highest BCUT2D eigenvalue weighted by atomic mass is 32.2. The van der Waals surface area contributed by atoms with Gasteiger partial charge in [-0.3, -0.25) is 4.79 Å². The number of carboxylic acid groups (broad SMARTS) is 1. The van der Waals surface area contributed by atoms with E-state index >= 15 is 0 Å². The quantitative estimate of drug-likeness (QED) is 0.669. The highest BCUT2D eigenvalue weighted by molar-refractivity contribution is 7.98. The van der Waals surface area contributed by atoms with Crippen LogP contribution in [0.2, 0.25) is 0 Å². The van der Waals surface area contributed by atoms with Gasteiger partial charge in [0.1, 0.15) is 6.04 Å². The molecule has 0 radical (unpaired) electrons. The lowest BCUT2D eigenvalue weighted by atomic mass is 9.83. The predicted molar refractivity (Wildman–Crippen MR) is 86.4 cm³/mol. The molecule has 1 rings (SSSR count). The van der Waals surface area contributed by atoms with Gasteiger partial charge in [0.05, 0.1) is 5.41 Å². The fourth-order valence-corrected chi connectivity index (χ4v) is 2.33. The Balaban J connectivity index is 2.84. The van der Waals surface area contributed by atoms with Gasteiger partial charge in [-0.15, -0.1) is 0 Å². The molecule has 5 nitrogen and oxygen atoms in total. The Morgan fingerprint density at radius 2 is 1.90 bits per heavy atom. The van der Waals surface area contributed by atoms with Crippen molar-refractivity contribution in [3.05, 3.63) is 29.8 Å². The largest absolute Gasteiger partial charge is 0.480 e. The minimum Gasteiger partial charge on any atom is -0.480 e. The van der Waals surface area contributed by atoms with Crippen LogP contribution in [0.1, 0.15) is 25.8 Å². The number of aliphatic carboxylic acids is 1. The van der Waals surface area contributed by atoms with Gasteiger partial charge < -0.3 is 16.2 Å². The van der Waals surface area contributed by atoms with Crippen molar-refractivity contribution in [1.29, 1.82) is 0 Å². The molecule has 0 fully saturated rings. The number of carboxylic acids is 1. The van der Waals surface area contributed by atoms with Gasteiger partial charge >= 0.3 is 5.97 Å². The van der Waals surface area contributed by atoms with Crippen molar-refractivity contribution in [2.45, 2.75) is 31.7 Å². The number of nitrogen functional groups attached to an aromatic ring is 1. The van der Waals surface area contributed by atoms with Crippen molar-refractivity contribution >= 4 is 29.3 Å². The molecule has 0 saturated carbocycles. The first-order valence-corrected chi connectivity index (χ1v) is 8.07. The number of hydrogen-bond donors (Lipinski definition) is 3. The maximum absolute atomic E-state index is 12.4. The summed E-state index contributed by atoms with van der Waals surface area (Å²) >= 11 is 1.55. The summed E-state index contributed by atoms with van der Waals surface area (Å²) in [6.07, 6.45) is 2.30. The zero-order valence-corrected chi connectivity index (χ0v) is 13.4. The monoisotopic (exact) mass is 310 g/mol. The summed E-state index contributed by atoms with van der Waals surface area (Å²) in [7, 11) is 0. The fourth-order valence-electron chi connectivity index (χ4n) is 1.86. The molecule has 1 aromatic carbocycles. The van der Waals surface area contributed by atoms with Crippen molar-refractivity contribution < 1.29 is 14.7 Å². The second-order valence-electron chi connectivity index (χ2n) is 5.39. The predicted octanol–water partition coefficient (Wildman–Crippen LogP) is 1.87. The number of nitrogens with two attached hydrogens (primary N) is 1. The molecule has 0 aliphatic carbocycles. The Labute approximate surface area is 129 Å². The van der Waals surface area contributed by atoms with E-state index in [1.54, 1.807) is 49.9 Å². The molecule has 1 atom stereocenters. The van der Waals surface area contributed by atoms with Crippen LogP contribution in [-0.2, 0) is 15.0 Å². The van der Waals surface area contributed by atoms with Crippen LogP contribution >= 0.6 is 11.8 Å². The lowest BCUT2D eigenvalue weighted by Crippen LogP contribution is -2.48. The lowest BCUT2D eigenvalue weighted by molar-refractivity contribution is -0.142. The summed E-state index contributed by atoms with van der Waals surface area (Å²) in [6, 6.07) is 6.16. The number of benzene rings is 1. The van der Waals surface area contributed by atoms with Crippen LogP contribution in [-0.4, -0.2) is 35.0 Å². The molecule has 0 heterocycles. The van der Waals surface area contributed by atoms with Crippen molar-refractivity contribution in [3.8, 4) is 0 Å². The summed E-state index contributed by atoms with van der Waals surface area (Å²) in [5, 5.41) is 11.8. The van der Waals surface area contributed by atoms with Crippen LogP contribution in [0.15, 0.2) is 24.3 Å². The number of hydrogen-bond acceptors (Lipinski definition) is 4. The topological polar surface area (TPSA) is 92.4 Å². The molecule has 0 aliphatic heterocycles. The summed E-state index contributed by atoms with van der Waals surface area (Å²) in [5.41, 5.74) is 6.24. The molecule has 116 valence electrons. The Morgan fingerprint density at radius 1 is 1.33 bits per heavy atom. The van der Waals surface area contributed by atoms with E-state index in [-0.39, 0.29) is 5.91 Å². The highest BCUT2D eigenvalue weighted by Crippen LogP contribution is 2.24. The van der Waals surface area contributed by atoms with Crippen LogP contribution in [0.5, 0.6) is 0 Å². The summed E-state index contributed by atoms with van der Waals surface area (Å²) in [5.74, 6) is -0.634. The van der Waals surface area contributed by atoms with E-state index in [1.165, 1.54) is 0 Å². The van der Waals surface area contributed by atoms with Gasteiger partial charge in [-0.05, 0) is 50.0 Å². The number of rotatable bonds is 7. The molecule has 0 unspecified atom stereocenters. The minimum atomic E-state index is -1.01. The fraction of sp³-hybridized carbons (Fsp3) is 0.467. The maximum Gasteiger partial charge on any atom is 0.326 e. The Kier molecular flexibility index (Phi) is 6.08. The van der Waals surface area contributed by atoms with E-state index in [0.29, 0.717) is 17.9 Å². The SMILES string of the molecule is CSCC[C@H](NC(=O)C(C)(C)c1ccc(N)cc1)C(=O)O. The van der Waals surface area contributed by atoms with Gasteiger partial charge in [-0.2, -0.15) is 11.8 Å². The molecule has 21 heavy (non-hydrogen) atoms. The number of thioether (sulfide) groups is 1. The van der Waals surface area contributed by atoms with Crippen LogP contribution in [0, 0.1) is 0 Å². The van der Waals surface area contributed by atoms with E-state index in [4.69, 9.17) is 5.73 Å². The molecule has 1 amide bonds. The van der Waals surface area contributed by atoms with E-state index in [0.717, 1.165) is 5.56 Å². The van der Waals surface area contributed by atoms with Gasteiger partial charge in [0, 0.05) is 5.69 Å². The van der Waals surface area contributed by atoms with Gasteiger partial charge in [-0.1, -0.05) is 12.1 Å². The molecule has 0 aromatic heterocycles. The second-order valence-corrected chi connectivity index (χ2v) is 6.38. The van der Waals surface area contributed by atoms with Crippen molar-refractivity contribution in [2.75, 3.05) is 17.7 Å². The molecule has 1 aromatic rings. The van der Waals surface area contributed by atoms with Gasteiger partial charge in [0.2, 0.25) is 5.91 Å².